The number of amides is 1. The number of nitrogens with two attached hydrogens (primary N) is 2. The van der Waals surface area contributed by atoms with Gasteiger partial charge in [-0.05, 0) is 49.1 Å². The van der Waals surface area contributed by atoms with Gasteiger partial charge in [0.05, 0.1) is 17.5 Å². The van der Waals surface area contributed by atoms with Gasteiger partial charge in [0.15, 0.2) is 0 Å². The van der Waals surface area contributed by atoms with Gasteiger partial charge in [-0.15, -0.1) is 0 Å². The number of halogens is 2. The van der Waals surface area contributed by atoms with Crippen LogP contribution < -0.4 is 16.2 Å². The van der Waals surface area contributed by atoms with Gasteiger partial charge in [-0.25, -0.2) is 4.98 Å². The highest BCUT2D eigenvalue weighted by Gasteiger charge is 2.25. The van der Waals surface area contributed by atoms with Crippen LogP contribution >= 0.6 is 23.2 Å². The summed E-state index contributed by atoms with van der Waals surface area (Å²) in [6.45, 7) is 1.82. The predicted molar refractivity (Wildman–Crippen MR) is 119 cm³/mol. The summed E-state index contributed by atoms with van der Waals surface area (Å²) in [6.07, 6.45) is 1.67. The number of ether oxygens (including phenoxy) is 1. The second-order valence-electron chi connectivity index (χ2n) is 7.32. The van der Waals surface area contributed by atoms with E-state index >= 15 is 0 Å². The van der Waals surface area contributed by atoms with Gasteiger partial charge in [0.1, 0.15) is 11.6 Å². The molecule has 0 radical (unpaired) electrons. The number of carbonyl (C=O) groups excluding carboxylic acids is 1. The lowest BCUT2D eigenvalue weighted by molar-refractivity contribution is 0.0661. The maximum absolute atomic E-state index is 12.7. The molecule has 1 aliphatic rings. The first-order valence-electron chi connectivity index (χ1n) is 9.60. The van der Waals surface area contributed by atoms with E-state index in [0.29, 0.717) is 63.7 Å². The van der Waals surface area contributed by atoms with Crippen molar-refractivity contribution < 1.29 is 9.53 Å². The molecular formula is C21H21Cl2N5O2. The number of fused-ring (bicyclic) bond motifs is 1. The van der Waals surface area contributed by atoms with Crippen LogP contribution in [0.3, 0.4) is 0 Å². The van der Waals surface area contributed by atoms with Crippen LogP contribution in [0.5, 0.6) is 5.75 Å². The lowest BCUT2D eigenvalue weighted by atomic mass is 9.97. The van der Waals surface area contributed by atoms with Gasteiger partial charge in [0.2, 0.25) is 5.95 Å². The van der Waals surface area contributed by atoms with Crippen molar-refractivity contribution in [2.45, 2.75) is 12.8 Å². The van der Waals surface area contributed by atoms with Crippen molar-refractivity contribution in [3.63, 3.8) is 0 Å². The van der Waals surface area contributed by atoms with E-state index in [9.17, 15) is 4.79 Å². The van der Waals surface area contributed by atoms with Crippen LogP contribution in [0.4, 0.5) is 11.8 Å². The van der Waals surface area contributed by atoms with Crippen molar-refractivity contribution in [3.05, 3.63) is 52.0 Å². The van der Waals surface area contributed by atoms with E-state index in [-0.39, 0.29) is 11.9 Å². The Morgan fingerprint density at radius 1 is 1.10 bits per heavy atom. The molecule has 0 bridgehead atoms. The second kappa shape index (κ2) is 8.53. The Bertz CT molecular complexity index is 1080. The number of aromatic nitrogens is 2. The maximum Gasteiger partial charge on any atom is 0.253 e. The molecule has 0 saturated carbocycles. The van der Waals surface area contributed by atoms with Gasteiger partial charge in [-0.3, -0.25) is 4.79 Å². The molecule has 0 atom stereocenters. The normalized spacial score (nSPS) is 14.8. The third-order valence-corrected chi connectivity index (χ3v) is 5.65. The van der Waals surface area contributed by atoms with Gasteiger partial charge in [-0.2, -0.15) is 4.98 Å². The fourth-order valence-electron chi connectivity index (χ4n) is 3.69. The summed E-state index contributed by atoms with van der Waals surface area (Å²) in [6, 6.07) is 10.4. The summed E-state index contributed by atoms with van der Waals surface area (Å²) < 4.78 is 6.05. The number of piperidine rings is 1. The molecule has 156 valence electrons. The number of anilines is 2. The zero-order chi connectivity index (χ0) is 21.3. The lowest BCUT2D eigenvalue weighted by Gasteiger charge is -2.32. The van der Waals surface area contributed by atoms with E-state index in [1.165, 1.54) is 0 Å². The fraction of sp³-hybridized carbons (Fsp3) is 0.286. The average Bonchev–Trinajstić information content (AvgIpc) is 2.71. The van der Waals surface area contributed by atoms with Crippen molar-refractivity contribution in [2.24, 2.45) is 5.92 Å². The molecule has 1 saturated heterocycles. The highest BCUT2D eigenvalue weighted by atomic mass is 35.5. The van der Waals surface area contributed by atoms with E-state index in [2.05, 4.69) is 9.97 Å². The van der Waals surface area contributed by atoms with Crippen LogP contribution in [0.2, 0.25) is 10.0 Å². The minimum atomic E-state index is -0.0599. The SMILES string of the molecule is Nc1nc(N)c2c(OCC3CCN(C(=O)c4cc(Cl)cc(Cl)c4)CC3)cccc2n1. The standard InChI is InChI=1S/C21H21Cl2N5O2/c22-14-8-13(9-15(23)10-14)20(29)28-6-4-12(5-7-28)11-30-17-3-1-2-16-18(17)19(24)27-21(25)26-16/h1-3,8-10,12H,4-7,11H2,(H4,24,25,26,27). The van der Waals surface area contributed by atoms with Crippen LogP contribution in [0.1, 0.15) is 23.2 Å². The molecular weight excluding hydrogens is 425 g/mol. The van der Waals surface area contributed by atoms with E-state index in [4.69, 9.17) is 39.4 Å². The molecule has 3 aromatic rings. The molecule has 7 nitrogen and oxygen atoms in total. The van der Waals surface area contributed by atoms with Crippen LogP contribution in [-0.2, 0) is 0 Å². The Kier molecular flexibility index (Phi) is 5.83. The van der Waals surface area contributed by atoms with Gasteiger partial charge in [-0.1, -0.05) is 29.3 Å². The minimum absolute atomic E-state index is 0.0599. The summed E-state index contributed by atoms with van der Waals surface area (Å²) in [7, 11) is 0. The number of nitrogen functional groups attached to an aromatic ring is 2. The zero-order valence-corrected chi connectivity index (χ0v) is 17.7. The van der Waals surface area contributed by atoms with Crippen LogP contribution in [-0.4, -0.2) is 40.5 Å². The van der Waals surface area contributed by atoms with Crippen LogP contribution in [0, 0.1) is 5.92 Å². The Morgan fingerprint density at radius 3 is 2.50 bits per heavy atom. The summed E-state index contributed by atoms with van der Waals surface area (Å²) in [4.78, 5) is 22.8. The number of benzene rings is 2. The molecule has 1 aromatic heterocycles. The Balaban J connectivity index is 1.38. The van der Waals surface area contributed by atoms with Crippen LogP contribution in [0.25, 0.3) is 10.9 Å². The molecule has 30 heavy (non-hydrogen) atoms. The highest BCUT2D eigenvalue weighted by Crippen LogP contribution is 2.30. The molecule has 2 heterocycles. The number of carbonyl (C=O) groups is 1. The topological polar surface area (TPSA) is 107 Å². The lowest BCUT2D eigenvalue weighted by Crippen LogP contribution is -2.39. The molecule has 9 heteroatoms. The van der Waals surface area contributed by atoms with Gasteiger partial charge < -0.3 is 21.1 Å². The third kappa shape index (κ3) is 4.37. The summed E-state index contributed by atoms with van der Waals surface area (Å²) >= 11 is 12.0. The largest absolute Gasteiger partial charge is 0.492 e. The first-order chi connectivity index (χ1) is 14.4. The quantitative estimate of drug-likeness (QED) is 0.627. The average molecular weight is 446 g/mol. The fourth-order valence-corrected chi connectivity index (χ4v) is 4.21. The summed E-state index contributed by atoms with van der Waals surface area (Å²) in [5.41, 5.74) is 12.9. The first-order valence-corrected chi connectivity index (χ1v) is 10.4. The van der Waals surface area contributed by atoms with Crippen molar-refractivity contribution in [1.82, 2.24) is 14.9 Å². The molecule has 0 spiro atoms. The van der Waals surface area contributed by atoms with Crippen molar-refractivity contribution in [3.8, 4) is 5.75 Å². The number of nitrogens with zero attached hydrogens (tertiary/aromatic N) is 3. The first kappa shape index (κ1) is 20.5. The monoisotopic (exact) mass is 445 g/mol. The van der Waals surface area contributed by atoms with Gasteiger partial charge in [0, 0.05) is 28.7 Å². The number of likely N-dealkylation sites (tertiary alicyclic amines) is 1. The van der Waals surface area contributed by atoms with Crippen molar-refractivity contribution >= 4 is 51.8 Å². The smallest absolute Gasteiger partial charge is 0.253 e. The molecule has 2 aromatic carbocycles. The van der Waals surface area contributed by atoms with E-state index in [1.807, 2.05) is 23.1 Å². The third-order valence-electron chi connectivity index (χ3n) is 5.22. The predicted octanol–water partition coefficient (Wildman–Crippen LogP) is 4.03. The van der Waals surface area contributed by atoms with Crippen molar-refractivity contribution in [1.29, 1.82) is 0 Å². The van der Waals surface area contributed by atoms with Crippen LogP contribution in [0.15, 0.2) is 36.4 Å². The number of hydrogen-bond acceptors (Lipinski definition) is 6. The molecule has 4 rings (SSSR count). The van der Waals surface area contributed by atoms with E-state index in [1.54, 1.807) is 18.2 Å². The minimum Gasteiger partial charge on any atom is -0.492 e. The van der Waals surface area contributed by atoms with E-state index < -0.39 is 0 Å². The molecule has 0 aliphatic carbocycles. The second-order valence-corrected chi connectivity index (χ2v) is 8.19. The summed E-state index contributed by atoms with van der Waals surface area (Å²) in [5, 5.41) is 1.57. The van der Waals surface area contributed by atoms with Gasteiger partial charge in [0.25, 0.3) is 5.91 Å². The number of hydrogen-bond donors (Lipinski definition) is 2. The molecule has 4 N–H and O–H groups in total. The highest BCUT2D eigenvalue weighted by molar-refractivity contribution is 6.35. The zero-order valence-electron chi connectivity index (χ0n) is 16.1. The van der Waals surface area contributed by atoms with Gasteiger partial charge >= 0.3 is 0 Å². The molecule has 1 fully saturated rings. The molecule has 1 amide bonds. The Morgan fingerprint density at radius 2 is 1.80 bits per heavy atom. The van der Waals surface area contributed by atoms with E-state index in [0.717, 1.165) is 12.8 Å². The number of rotatable bonds is 4. The van der Waals surface area contributed by atoms with Crippen molar-refractivity contribution in [2.75, 3.05) is 31.2 Å². The molecule has 0 unspecified atom stereocenters. The maximum atomic E-state index is 12.7. The Hall–Kier alpha value is -2.77. The summed E-state index contributed by atoms with van der Waals surface area (Å²) in [5.74, 6) is 1.33. The molecule has 1 aliphatic heterocycles. The Labute approximate surface area is 183 Å².